The summed E-state index contributed by atoms with van der Waals surface area (Å²) in [6.07, 6.45) is 1.14. The number of likely N-dealkylation sites (N-methyl/N-ethyl adjacent to an activating group) is 2. The lowest BCUT2D eigenvalue weighted by Gasteiger charge is -2.17. The fourth-order valence-corrected chi connectivity index (χ4v) is 0.983. The molecule has 0 radical (unpaired) electrons. The van der Waals surface area contributed by atoms with Gasteiger partial charge in [-0.25, -0.2) is 4.79 Å². The molecule has 0 amide bonds. The average molecular weight is 213 g/mol. The van der Waals surface area contributed by atoms with E-state index in [1.807, 2.05) is 19.0 Å². The fourth-order valence-electron chi connectivity index (χ4n) is 0.983. The van der Waals surface area contributed by atoms with Crippen molar-refractivity contribution in [3.8, 4) is 0 Å². The third-order valence-electron chi connectivity index (χ3n) is 1.92. The maximum atomic E-state index is 10.6. The van der Waals surface area contributed by atoms with E-state index in [1.165, 1.54) is 0 Å². The summed E-state index contributed by atoms with van der Waals surface area (Å²) in [5, 5.41) is 8.65. The second-order valence-electron chi connectivity index (χ2n) is 3.55. The van der Waals surface area contributed by atoms with Crippen LogP contribution in [-0.4, -0.2) is 55.2 Å². The normalized spacial score (nSPS) is 10.7. The Morgan fingerprint density at radius 2 is 2.13 bits per heavy atom. The number of carbonyl (C=O) groups is 1. The molecule has 1 rings (SSSR count). The van der Waals surface area contributed by atoms with Crippen molar-refractivity contribution in [3.63, 3.8) is 0 Å². The largest absolute Gasteiger partial charge is 0.476 e. The van der Waals surface area contributed by atoms with Crippen LogP contribution in [0, 0.1) is 0 Å². The molecule has 6 heteroatoms. The molecule has 84 valence electrons. The van der Waals surface area contributed by atoms with E-state index in [1.54, 1.807) is 11.9 Å². The number of rotatable bonds is 5. The van der Waals surface area contributed by atoms with Crippen molar-refractivity contribution in [2.45, 2.75) is 0 Å². The number of nitrogens with zero attached hydrogens (tertiary/aromatic N) is 3. The minimum absolute atomic E-state index is 0.0679. The van der Waals surface area contributed by atoms with Crippen LogP contribution >= 0.6 is 0 Å². The van der Waals surface area contributed by atoms with Crippen molar-refractivity contribution in [3.05, 3.63) is 12.0 Å². The number of hydrogen-bond acceptors (Lipinski definition) is 5. The molecule has 1 heterocycles. The van der Waals surface area contributed by atoms with Crippen LogP contribution in [0.3, 0.4) is 0 Å². The number of aromatic nitrogens is 1. The van der Waals surface area contributed by atoms with Gasteiger partial charge >= 0.3 is 5.97 Å². The molecule has 15 heavy (non-hydrogen) atoms. The maximum Gasteiger partial charge on any atom is 0.357 e. The standard InChI is InChI=1S/C9H15N3O3/c1-11(2)4-5-12(3)9-10-7(6-15-9)8(13)14/h6H,4-5H2,1-3H3,(H,13,14). The van der Waals surface area contributed by atoms with E-state index < -0.39 is 5.97 Å². The highest BCUT2D eigenvalue weighted by atomic mass is 16.4. The molecular weight excluding hydrogens is 198 g/mol. The van der Waals surface area contributed by atoms with Crippen molar-refractivity contribution < 1.29 is 14.3 Å². The second-order valence-corrected chi connectivity index (χ2v) is 3.55. The van der Waals surface area contributed by atoms with Gasteiger partial charge in [0.05, 0.1) is 0 Å². The number of anilines is 1. The molecule has 6 nitrogen and oxygen atoms in total. The third kappa shape index (κ3) is 3.25. The minimum atomic E-state index is -1.08. The Morgan fingerprint density at radius 1 is 1.47 bits per heavy atom. The maximum absolute atomic E-state index is 10.6. The van der Waals surface area contributed by atoms with E-state index in [-0.39, 0.29) is 5.69 Å². The molecule has 0 spiro atoms. The van der Waals surface area contributed by atoms with Gasteiger partial charge in [0.25, 0.3) is 6.01 Å². The molecule has 0 atom stereocenters. The highest BCUT2D eigenvalue weighted by molar-refractivity contribution is 5.85. The van der Waals surface area contributed by atoms with Gasteiger partial charge in [-0.3, -0.25) is 0 Å². The average Bonchev–Trinajstić information content (AvgIpc) is 2.62. The van der Waals surface area contributed by atoms with E-state index >= 15 is 0 Å². The summed E-state index contributed by atoms with van der Waals surface area (Å²) in [6, 6.07) is 0.328. The van der Waals surface area contributed by atoms with E-state index in [0.717, 1.165) is 19.4 Å². The molecule has 1 N–H and O–H groups in total. The topological polar surface area (TPSA) is 69.8 Å². The first-order valence-corrected chi connectivity index (χ1v) is 4.55. The quantitative estimate of drug-likeness (QED) is 0.762. The summed E-state index contributed by atoms with van der Waals surface area (Å²) in [5.41, 5.74) is -0.0679. The molecule has 1 aromatic rings. The van der Waals surface area contributed by atoms with Crippen molar-refractivity contribution in [2.24, 2.45) is 0 Å². The molecule has 0 aliphatic carbocycles. The molecule has 0 unspecified atom stereocenters. The summed E-state index contributed by atoms with van der Waals surface area (Å²) >= 11 is 0. The van der Waals surface area contributed by atoms with Crippen molar-refractivity contribution in [1.82, 2.24) is 9.88 Å². The molecular formula is C9H15N3O3. The Kier molecular flexibility index (Phi) is 3.68. The second kappa shape index (κ2) is 4.79. The Labute approximate surface area is 88.1 Å². The molecule has 0 aromatic carbocycles. The monoisotopic (exact) mass is 213 g/mol. The van der Waals surface area contributed by atoms with Gasteiger partial charge in [0.2, 0.25) is 0 Å². The molecule has 0 aliphatic heterocycles. The Bertz CT molecular complexity index is 335. The minimum Gasteiger partial charge on any atom is -0.476 e. The Balaban J connectivity index is 2.58. The van der Waals surface area contributed by atoms with Gasteiger partial charge < -0.3 is 19.3 Å². The SMILES string of the molecule is CN(C)CCN(C)c1nc(C(=O)O)co1. The summed E-state index contributed by atoms with van der Waals surface area (Å²) in [6.45, 7) is 1.58. The number of carboxylic acids is 1. The Hall–Kier alpha value is -1.56. The summed E-state index contributed by atoms with van der Waals surface area (Å²) in [4.78, 5) is 18.2. The number of hydrogen-bond donors (Lipinski definition) is 1. The molecule has 1 aromatic heterocycles. The predicted octanol–water partition coefficient (Wildman–Crippen LogP) is 0.371. The van der Waals surface area contributed by atoms with E-state index in [0.29, 0.717) is 6.01 Å². The summed E-state index contributed by atoms with van der Waals surface area (Å²) < 4.78 is 5.04. The van der Waals surface area contributed by atoms with Gasteiger partial charge in [-0.15, -0.1) is 0 Å². The zero-order valence-electron chi connectivity index (χ0n) is 9.10. The van der Waals surface area contributed by atoms with Gasteiger partial charge in [-0.1, -0.05) is 0 Å². The van der Waals surface area contributed by atoms with Crippen LogP contribution in [0.15, 0.2) is 10.7 Å². The van der Waals surface area contributed by atoms with Crippen LogP contribution in [-0.2, 0) is 0 Å². The highest BCUT2D eigenvalue weighted by Crippen LogP contribution is 2.11. The molecule has 0 saturated heterocycles. The van der Waals surface area contributed by atoms with Crippen LogP contribution in [0.1, 0.15) is 10.5 Å². The van der Waals surface area contributed by atoms with E-state index in [4.69, 9.17) is 9.52 Å². The summed E-state index contributed by atoms with van der Waals surface area (Å²) in [5.74, 6) is -1.08. The van der Waals surface area contributed by atoms with E-state index in [9.17, 15) is 4.79 Å². The van der Waals surface area contributed by atoms with Gasteiger partial charge in [-0.05, 0) is 14.1 Å². The van der Waals surface area contributed by atoms with Gasteiger partial charge in [0.15, 0.2) is 5.69 Å². The van der Waals surface area contributed by atoms with Crippen molar-refractivity contribution in [2.75, 3.05) is 39.1 Å². The third-order valence-corrected chi connectivity index (χ3v) is 1.92. The van der Waals surface area contributed by atoms with Crippen LogP contribution in [0.2, 0.25) is 0 Å². The lowest BCUT2D eigenvalue weighted by molar-refractivity contribution is 0.0690. The van der Waals surface area contributed by atoms with Gasteiger partial charge in [-0.2, -0.15) is 4.98 Å². The predicted molar refractivity (Wildman–Crippen MR) is 55.3 cm³/mol. The lowest BCUT2D eigenvalue weighted by Crippen LogP contribution is -2.28. The van der Waals surface area contributed by atoms with E-state index in [2.05, 4.69) is 4.98 Å². The zero-order chi connectivity index (χ0) is 11.4. The number of oxazole rings is 1. The van der Waals surface area contributed by atoms with Crippen molar-refractivity contribution in [1.29, 1.82) is 0 Å². The van der Waals surface area contributed by atoms with Crippen molar-refractivity contribution >= 4 is 12.0 Å². The smallest absolute Gasteiger partial charge is 0.357 e. The summed E-state index contributed by atoms with van der Waals surface area (Å²) in [7, 11) is 5.74. The molecule has 0 aliphatic rings. The highest BCUT2D eigenvalue weighted by Gasteiger charge is 2.13. The van der Waals surface area contributed by atoms with Crippen LogP contribution in [0.25, 0.3) is 0 Å². The fraction of sp³-hybridized carbons (Fsp3) is 0.556. The molecule has 0 saturated carbocycles. The van der Waals surface area contributed by atoms with Crippen LogP contribution < -0.4 is 4.90 Å². The van der Waals surface area contributed by atoms with Gasteiger partial charge in [0, 0.05) is 20.1 Å². The first kappa shape index (κ1) is 11.5. The molecule has 0 bridgehead atoms. The first-order chi connectivity index (χ1) is 7.00. The Morgan fingerprint density at radius 3 is 2.60 bits per heavy atom. The zero-order valence-corrected chi connectivity index (χ0v) is 9.10. The number of aromatic carboxylic acids is 1. The first-order valence-electron chi connectivity index (χ1n) is 4.55. The van der Waals surface area contributed by atoms with Gasteiger partial charge in [0.1, 0.15) is 6.26 Å². The van der Waals surface area contributed by atoms with Crippen LogP contribution in [0.5, 0.6) is 0 Å². The molecule has 0 fully saturated rings. The number of carboxylic acid groups (broad SMARTS) is 1. The lowest BCUT2D eigenvalue weighted by atomic mass is 10.5. The van der Waals surface area contributed by atoms with Crippen LogP contribution in [0.4, 0.5) is 6.01 Å².